The third-order valence-electron chi connectivity index (χ3n) is 2.09. The van der Waals surface area contributed by atoms with Crippen LogP contribution < -0.4 is 10.9 Å². The number of hydrogen-bond donors (Lipinski definition) is 2. The van der Waals surface area contributed by atoms with Crippen LogP contribution in [-0.4, -0.2) is 16.1 Å². The Morgan fingerprint density at radius 1 is 1.33 bits per heavy atom. The fourth-order valence-corrected chi connectivity index (χ4v) is 1.41. The highest BCUT2D eigenvalue weighted by atomic mass is 35.5. The first kappa shape index (κ1) is 12.3. The quantitative estimate of drug-likeness (QED) is 0.871. The maximum absolute atomic E-state index is 13.4. The number of nitrogens with zero attached hydrogens (tertiary/aromatic N) is 1. The van der Waals surface area contributed by atoms with Gasteiger partial charge in [-0.05, 0) is 24.3 Å². The van der Waals surface area contributed by atoms with Crippen LogP contribution in [-0.2, 0) is 0 Å². The maximum Gasteiger partial charge on any atom is 0.276 e. The highest BCUT2D eigenvalue weighted by molar-refractivity contribution is 6.30. The van der Waals surface area contributed by atoms with E-state index in [0.717, 1.165) is 12.1 Å². The largest absolute Gasteiger partial charge is 0.318 e. The van der Waals surface area contributed by atoms with Crippen LogP contribution in [0, 0.1) is 5.82 Å². The van der Waals surface area contributed by atoms with Crippen molar-refractivity contribution in [1.82, 2.24) is 10.2 Å². The second-order valence-corrected chi connectivity index (χ2v) is 3.82. The van der Waals surface area contributed by atoms with Gasteiger partial charge in [-0.15, -0.1) is 0 Å². The van der Waals surface area contributed by atoms with Crippen LogP contribution in [0.15, 0.2) is 35.1 Å². The molecule has 0 fully saturated rings. The number of anilines is 1. The Labute approximate surface area is 106 Å². The summed E-state index contributed by atoms with van der Waals surface area (Å²) in [5, 5.41) is 8.18. The zero-order chi connectivity index (χ0) is 13.1. The van der Waals surface area contributed by atoms with E-state index in [-0.39, 0.29) is 16.4 Å². The maximum atomic E-state index is 13.4. The lowest BCUT2D eigenvalue weighted by Crippen LogP contribution is -2.18. The number of carbonyl (C=O) groups excluding carboxylic acids is 1. The normalized spacial score (nSPS) is 10.1. The number of hydrogen-bond acceptors (Lipinski definition) is 3. The molecule has 2 N–H and O–H groups in total. The minimum absolute atomic E-state index is 0.0163. The molecule has 1 amide bonds. The smallest absolute Gasteiger partial charge is 0.276 e. The van der Waals surface area contributed by atoms with Gasteiger partial charge >= 0.3 is 0 Å². The van der Waals surface area contributed by atoms with Crippen molar-refractivity contribution in [3.63, 3.8) is 0 Å². The lowest BCUT2D eigenvalue weighted by atomic mass is 10.3. The predicted octanol–water partition coefficient (Wildman–Crippen LogP) is 1.81. The minimum Gasteiger partial charge on any atom is -0.318 e. The minimum atomic E-state index is -0.653. The summed E-state index contributed by atoms with van der Waals surface area (Å²) in [6.45, 7) is 0. The third kappa shape index (κ3) is 2.72. The van der Waals surface area contributed by atoms with Crippen LogP contribution in [0.3, 0.4) is 0 Å². The Morgan fingerprint density at radius 2 is 2.11 bits per heavy atom. The van der Waals surface area contributed by atoms with Crippen molar-refractivity contribution in [2.75, 3.05) is 5.32 Å². The zero-order valence-corrected chi connectivity index (χ0v) is 9.66. The summed E-state index contributed by atoms with van der Waals surface area (Å²) in [4.78, 5) is 22.4. The molecule has 2 aromatic rings. The van der Waals surface area contributed by atoms with Crippen molar-refractivity contribution in [1.29, 1.82) is 0 Å². The van der Waals surface area contributed by atoms with Gasteiger partial charge in [-0.2, -0.15) is 5.10 Å². The fourth-order valence-electron chi connectivity index (χ4n) is 1.25. The molecule has 1 aromatic carbocycles. The second kappa shape index (κ2) is 4.97. The summed E-state index contributed by atoms with van der Waals surface area (Å²) >= 11 is 5.58. The number of amides is 1. The molecule has 5 nitrogen and oxygen atoms in total. The molecule has 7 heteroatoms. The Bertz CT molecular complexity index is 636. The number of rotatable bonds is 2. The molecule has 0 saturated carbocycles. The van der Waals surface area contributed by atoms with E-state index in [2.05, 4.69) is 15.5 Å². The van der Waals surface area contributed by atoms with Crippen LogP contribution in [0.4, 0.5) is 10.1 Å². The van der Waals surface area contributed by atoms with Crippen molar-refractivity contribution in [2.24, 2.45) is 0 Å². The van der Waals surface area contributed by atoms with Crippen LogP contribution in [0.1, 0.15) is 10.5 Å². The number of nitrogens with one attached hydrogen (secondary N) is 2. The Balaban J connectivity index is 2.21. The molecule has 18 heavy (non-hydrogen) atoms. The van der Waals surface area contributed by atoms with Gasteiger partial charge in [-0.3, -0.25) is 9.59 Å². The summed E-state index contributed by atoms with van der Waals surface area (Å²) in [7, 11) is 0. The van der Waals surface area contributed by atoms with Crippen LogP contribution in [0.25, 0.3) is 0 Å². The monoisotopic (exact) mass is 267 g/mol. The predicted molar refractivity (Wildman–Crippen MR) is 64.2 cm³/mol. The van der Waals surface area contributed by atoms with Crippen molar-refractivity contribution < 1.29 is 9.18 Å². The highest BCUT2D eigenvalue weighted by Gasteiger charge is 2.10. The van der Waals surface area contributed by atoms with Crippen molar-refractivity contribution in [2.45, 2.75) is 0 Å². The third-order valence-corrected chi connectivity index (χ3v) is 2.33. The molecule has 0 aliphatic carbocycles. The lowest BCUT2D eigenvalue weighted by molar-refractivity contribution is 0.102. The van der Waals surface area contributed by atoms with Crippen LogP contribution in [0.5, 0.6) is 0 Å². The number of benzene rings is 1. The highest BCUT2D eigenvalue weighted by Crippen LogP contribution is 2.19. The molecule has 0 bridgehead atoms. The molecular formula is C11H7ClFN3O2. The number of carbonyl (C=O) groups is 1. The van der Waals surface area contributed by atoms with Crippen LogP contribution in [0.2, 0.25) is 5.02 Å². The molecule has 0 radical (unpaired) electrons. The van der Waals surface area contributed by atoms with Gasteiger partial charge in [-0.1, -0.05) is 11.6 Å². The van der Waals surface area contributed by atoms with Crippen LogP contribution >= 0.6 is 11.6 Å². The Morgan fingerprint density at radius 3 is 2.72 bits per heavy atom. The van der Waals surface area contributed by atoms with Crippen molar-refractivity contribution >= 4 is 23.2 Å². The average Bonchev–Trinajstić information content (AvgIpc) is 2.33. The molecule has 2 rings (SSSR count). The first-order valence-corrected chi connectivity index (χ1v) is 5.26. The standard InChI is InChI=1S/C11H7ClFN3O2/c12-6-1-2-8(7(13)5-6)14-11(18)9-3-4-10(17)16-15-9/h1-5H,(H,14,18)(H,16,17). The molecule has 0 unspecified atom stereocenters. The molecular weight excluding hydrogens is 261 g/mol. The summed E-state index contributed by atoms with van der Waals surface area (Å²) in [5.41, 5.74) is -0.467. The summed E-state index contributed by atoms with van der Waals surface area (Å²) < 4.78 is 13.4. The number of aromatic amines is 1. The van der Waals surface area contributed by atoms with E-state index in [1.165, 1.54) is 18.2 Å². The van der Waals surface area contributed by atoms with E-state index >= 15 is 0 Å². The van der Waals surface area contributed by atoms with E-state index in [9.17, 15) is 14.0 Å². The molecule has 92 valence electrons. The molecule has 1 heterocycles. The lowest BCUT2D eigenvalue weighted by Gasteiger charge is -2.05. The van der Waals surface area contributed by atoms with Gasteiger partial charge in [0.1, 0.15) is 11.5 Å². The average molecular weight is 268 g/mol. The molecule has 0 aliphatic heterocycles. The van der Waals surface area contributed by atoms with E-state index in [1.54, 1.807) is 0 Å². The molecule has 0 atom stereocenters. The van der Waals surface area contributed by atoms with E-state index < -0.39 is 17.3 Å². The molecule has 0 aliphatic rings. The Kier molecular flexibility index (Phi) is 3.38. The first-order valence-electron chi connectivity index (χ1n) is 4.88. The number of aromatic nitrogens is 2. The van der Waals surface area contributed by atoms with Gasteiger partial charge in [0.15, 0.2) is 0 Å². The van der Waals surface area contributed by atoms with Gasteiger partial charge < -0.3 is 5.32 Å². The SMILES string of the molecule is O=C(Nc1ccc(Cl)cc1F)c1ccc(=O)[nH]n1. The molecule has 0 saturated heterocycles. The van der Waals surface area contributed by atoms with Gasteiger partial charge in [0, 0.05) is 11.1 Å². The number of halogens is 2. The topological polar surface area (TPSA) is 74.8 Å². The Hall–Kier alpha value is -2.21. The first-order chi connectivity index (χ1) is 8.56. The van der Waals surface area contributed by atoms with Gasteiger partial charge in [0.05, 0.1) is 5.69 Å². The van der Waals surface area contributed by atoms with Gasteiger partial charge in [-0.25, -0.2) is 9.49 Å². The summed E-state index contributed by atoms with van der Waals surface area (Å²) in [5.74, 6) is -1.28. The molecule has 0 spiro atoms. The van der Waals surface area contributed by atoms with Gasteiger partial charge in [0.25, 0.3) is 11.5 Å². The summed E-state index contributed by atoms with van der Waals surface area (Å²) in [6.07, 6.45) is 0. The van der Waals surface area contributed by atoms with E-state index in [0.29, 0.717) is 0 Å². The van der Waals surface area contributed by atoms with E-state index in [4.69, 9.17) is 11.6 Å². The molecule has 1 aromatic heterocycles. The van der Waals surface area contributed by atoms with E-state index in [1.807, 2.05) is 0 Å². The fraction of sp³-hybridized carbons (Fsp3) is 0. The zero-order valence-electron chi connectivity index (χ0n) is 8.91. The van der Waals surface area contributed by atoms with Crippen molar-refractivity contribution in [3.8, 4) is 0 Å². The van der Waals surface area contributed by atoms with Gasteiger partial charge in [0.2, 0.25) is 0 Å². The van der Waals surface area contributed by atoms with Crippen molar-refractivity contribution in [3.05, 3.63) is 57.2 Å². The second-order valence-electron chi connectivity index (χ2n) is 3.38. The number of H-pyrrole nitrogens is 1. The summed E-state index contributed by atoms with van der Waals surface area (Å²) in [6, 6.07) is 6.25.